The van der Waals surface area contributed by atoms with E-state index in [0.717, 1.165) is 80.4 Å². The Hall–Kier alpha value is -4.19. The van der Waals surface area contributed by atoms with Crippen LogP contribution in [-0.2, 0) is 44.7 Å². The first-order valence-electron chi connectivity index (χ1n) is 18.6. The van der Waals surface area contributed by atoms with E-state index in [-0.39, 0.29) is 0 Å². The van der Waals surface area contributed by atoms with Crippen LogP contribution in [0.2, 0.25) is 0 Å². The lowest BCUT2D eigenvalue weighted by Gasteiger charge is -2.13. The molecule has 0 amide bonds. The molecule has 3 aromatic carbocycles. The summed E-state index contributed by atoms with van der Waals surface area (Å²) in [4.78, 5) is 16.7. The number of nitrogens with zero attached hydrogens (tertiary/aromatic N) is 3. The first-order valence-corrected chi connectivity index (χ1v) is 18.6. The monoisotopic (exact) mass is 732 g/mol. The van der Waals surface area contributed by atoms with Crippen LogP contribution < -0.4 is 0 Å². The van der Waals surface area contributed by atoms with Gasteiger partial charge in [0.05, 0.1) is 11.1 Å². The van der Waals surface area contributed by atoms with Gasteiger partial charge in [-0.05, 0) is 106 Å². The fraction of sp³-hybridized carbons (Fsp3) is 0.429. The first kappa shape index (κ1) is 37.1. The maximum atomic E-state index is 13.8. The molecule has 6 nitrogen and oxygen atoms in total. The van der Waals surface area contributed by atoms with Crippen molar-refractivity contribution in [3.05, 3.63) is 105 Å². The number of aryl methyl sites for hydroxylation is 2. The molecule has 53 heavy (non-hydrogen) atoms. The van der Waals surface area contributed by atoms with Crippen molar-refractivity contribution in [3.8, 4) is 0 Å². The largest absolute Gasteiger partial charge is 0.417 e. The fourth-order valence-electron chi connectivity index (χ4n) is 8.24. The Balaban J connectivity index is 0.000000124. The zero-order chi connectivity index (χ0) is 37.6. The second kappa shape index (κ2) is 14.9. The van der Waals surface area contributed by atoms with Crippen LogP contribution in [0.15, 0.2) is 42.5 Å². The number of hydrogen-bond donors (Lipinski definition) is 3. The highest BCUT2D eigenvalue weighted by Crippen LogP contribution is 2.39. The number of likely N-dealkylation sites (N-methyl/N-ethyl adjacent to an activating group) is 3. The minimum atomic E-state index is -4.31. The topological polar surface area (TPSA) is 57.1 Å². The number of aromatic amines is 3. The molecular weight excluding hydrogens is 683 g/mol. The van der Waals surface area contributed by atoms with E-state index in [9.17, 15) is 22.0 Å². The highest BCUT2D eigenvalue weighted by Gasteiger charge is 2.35. The average molecular weight is 733 g/mol. The predicted octanol–water partition coefficient (Wildman–Crippen LogP) is 8.51. The maximum absolute atomic E-state index is 13.8. The normalized spacial score (nSPS) is 17.2. The van der Waals surface area contributed by atoms with Crippen LogP contribution in [0.4, 0.5) is 22.0 Å². The molecule has 0 unspecified atom stereocenters. The van der Waals surface area contributed by atoms with Crippen molar-refractivity contribution in [3.63, 3.8) is 0 Å². The van der Waals surface area contributed by atoms with E-state index in [1.54, 1.807) is 12.5 Å². The number of halogens is 5. The summed E-state index contributed by atoms with van der Waals surface area (Å²) in [6.07, 6.45) is 1.14. The van der Waals surface area contributed by atoms with Crippen LogP contribution >= 0.6 is 0 Å². The lowest BCUT2D eigenvalue weighted by molar-refractivity contribution is -0.136. The number of benzene rings is 3. The Kier molecular flexibility index (Phi) is 10.5. The van der Waals surface area contributed by atoms with Gasteiger partial charge in [0.2, 0.25) is 0 Å². The number of fused-ring (bicyclic) bond motifs is 9. The summed E-state index contributed by atoms with van der Waals surface area (Å²) >= 11 is 0. The summed E-state index contributed by atoms with van der Waals surface area (Å²) in [5, 5.41) is 2.36. The summed E-state index contributed by atoms with van der Waals surface area (Å²) in [7, 11) is 6.27. The Morgan fingerprint density at radius 1 is 0.528 bits per heavy atom. The van der Waals surface area contributed by atoms with Gasteiger partial charge >= 0.3 is 6.18 Å². The third-order valence-corrected chi connectivity index (χ3v) is 11.2. The van der Waals surface area contributed by atoms with E-state index in [1.165, 1.54) is 53.8 Å². The predicted molar refractivity (Wildman–Crippen MR) is 204 cm³/mol. The lowest BCUT2D eigenvalue weighted by Crippen LogP contribution is -2.21. The third kappa shape index (κ3) is 7.88. The van der Waals surface area contributed by atoms with Crippen LogP contribution in [0.1, 0.15) is 50.5 Å². The lowest BCUT2D eigenvalue weighted by atomic mass is 10.00. The van der Waals surface area contributed by atoms with Crippen molar-refractivity contribution in [2.75, 3.05) is 60.4 Å². The molecule has 3 aliphatic rings. The van der Waals surface area contributed by atoms with Gasteiger partial charge in [-0.15, -0.1) is 0 Å². The number of nitrogens with one attached hydrogen (secondary N) is 3. The molecule has 6 aromatic rings. The highest BCUT2D eigenvalue weighted by atomic mass is 19.4. The van der Waals surface area contributed by atoms with E-state index in [0.29, 0.717) is 33.8 Å². The molecule has 0 radical (unpaired) electrons. The molecule has 0 saturated heterocycles. The molecule has 0 saturated carbocycles. The number of rotatable bonds is 0. The number of H-pyrrole nitrogens is 3. The molecule has 6 heterocycles. The second-order valence-electron chi connectivity index (χ2n) is 15.2. The summed E-state index contributed by atoms with van der Waals surface area (Å²) in [5.41, 5.74) is 10.8. The molecule has 0 aliphatic carbocycles. The fourth-order valence-corrected chi connectivity index (χ4v) is 8.24. The summed E-state index contributed by atoms with van der Waals surface area (Å²) in [5.74, 6) is -0.981. The van der Waals surface area contributed by atoms with E-state index in [4.69, 9.17) is 0 Å². The van der Waals surface area contributed by atoms with Crippen LogP contribution in [-0.4, -0.2) is 90.1 Å². The minimum Gasteiger partial charge on any atom is -0.358 e. The molecule has 3 aromatic heterocycles. The van der Waals surface area contributed by atoms with E-state index in [1.807, 2.05) is 13.1 Å². The van der Waals surface area contributed by atoms with Crippen molar-refractivity contribution in [2.24, 2.45) is 0 Å². The molecule has 282 valence electrons. The zero-order valence-electron chi connectivity index (χ0n) is 31.3. The van der Waals surface area contributed by atoms with Gasteiger partial charge in [-0.2, -0.15) is 13.2 Å². The molecule has 11 heteroatoms. The SMILES string of the molecule is CN1CCc2[nH]c3cc(F)cc(F)c3c2CC1.Cc1cc(C(F)(F)F)c2c3c([nH]c2c1)CCN(C)CC3.Cc1ccc2c3c([nH]c2c1)CCN(C)CC3. The van der Waals surface area contributed by atoms with Crippen molar-refractivity contribution < 1.29 is 22.0 Å². The molecule has 0 atom stereocenters. The molecular formula is C42H49F5N6. The number of alkyl halides is 3. The molecule has 0 bridgehead atoms. The standard InChI is InChI=1S/C15H17F3N2.C14H18N2.C13H14F2N2/c1-9-7-11(15(16,17)18)14-10-3-5-20(2)6-4-12(10)19-13(14)8-9;1-10-3-4-11-12-5-7-16(2)8-6-13(12)15-14(11)9-10;1-17-4-2-9-11(3-5-17)16-12-7-8(14)6-10(15)13(9)12/h7-8,19H,3-6H2,1-2H3;3-4,9,15H,5-8H2,1-2H3;6-7,16H,2-5H2,1H3. The summed E-state index contributed by atoms with van der Waals surface area (Å²) in [6.45, 7) is 9.73. The van der Waals surface area contributed by atoms with Crippen LogP contribution in [0.3, 0.4) is 0 Å². The van der Waals surface area contributed by atoms with Crippen LogP contribution in [0, 0.1) is 25.5 Å². The van der Waals surface area contributed by atoms with Gasteiger partial charge in [-0.1, -0.05) is 12.1 Å². The van der Waals surface area contributed by atoms with Gasteiger partial charge < -0.3 is 29.7 Å². The Labute approximate surface area is 307 Å². The third-order valence-electron chi connectivity index (χ3n) is 11.2. The minimum absolute atomic E-state index is 0.369. The van der Waals surface area contributed by atoms with Crippen molar-refractivity contribution in [1.29, 1.82) is 0 Å². The highest BCUT2D eigenvalue weighted by molar-refractivity contribution is 5.89. The van der Waals surface area contributed by atoms with Gasteiger partial charge in [0.15, 0.2) is 0 Å². The maximum Gasteiger partial charge on any atom is 0.417 e. The van der Waals surface area contributed by atoms with Gasteiger partial charge in [-0.25, -0.2) is 8.78 Å². The van der Waals surface area contributed by atoms with E-state index < -0.39 is 23.4 Å². The second-order valence-corrected chi connectivity index (χ2v) is 15.2. The quantitative estimate of drug-likeness (QED) is 0.137. The van der Waals surface area contributed by atoms with Gasteiger partial charge in [0.1, 0.15) is 11.6 Å². The molecule has 0 fully saturated rings. The van der Waals surface area contributed by atoms with Crippen LogP contribution in [0.25, 0.3) is 32.7 Å². The molecule has 3 N–H and O–H groups in total. The molecule has 0 spiro atoms. The Morgan fingerprint density at radius 3 is 1.58 bits per heavy atom. The number of hydrogen-bond acceptors (Lipinski definition) is 3. The number of aromatic nitrogens is 3. The zero-order valence-corrected chi connectivity index (χ0v) is 31.3. The summed E-state index contributed by atoms with van der Waals surface area (Å²) < 4.78 is 66.9. The Bertz CT molecular complexity index is 2260. The van der Waals surface area contributed by atoms with E-state index >= 15 is 0 Å². The van der Waals surface area contributed by atoms with Gasteiger partial charge in [-0.3, -0.25) is 0 Å². The first-order chi connectivity index (χ1) is 25.2. The smallest absolute Gasteiger partial charge is 0.358 e. The van der Waals surface area contributed by atoms with Gasteiger partial charge in [0.25, 0.3) is 0 Å². The van der Waals surface area contributed by atoms with Crippen molar-refractivity contribution >= 4 is 32.7 Å². The Morgan fingerprint density at radius 2 is 1.00 bits per heavy atom. The van der Waals surface area contributed by atoms with Gasteiger partial charge in [0, 0.05) is 109 Å². The van der Waals surface area contributed by atoms with Crippen molar-refractivity contribution in [2.45, 2.75) is 58.5 Å². The summed E-state index contributed by atoms with van der Waals surface area (Å²) in [6, 6.07) is 12.1. The molecule has 9 rings (SSSR count). The molecule has 3 aliphatic heterocycles. The van der Waals surface area contributed by atoms with Crippen LogP contribution in [0.5, 0.6) is 0 Å². The van der Waals surface area contributed by atoms with E-state index in [2.05, 4.69) is 68.9 Å². The van der Waals surface area contributed by atoms with Crippen molar-refractivity contribution in [1.82, 2.24) is 29.7 Å². The average Bonchev–Trinajstić information content (AvgIpc) is 3.60.